The molecule has 0 saturated heterocycles. The first kappa shape index (κ1) is 12.4. The second-order valence-corrected chi connectivity index (χ2v) is 2.57. The van der Waals surface area contributed by atoms with Crippen molar-refractivity contribution in [2.45, 2.75) is 13.5 Å². The lowest BCUT2D eigenvalue weighted by Gasteiger charge is -1.99. The zero-order valence-electron chi connectivity index (χ0n) is 8.36. The summed E-state index contributed by atoms with van der Waals surface area (Å²) in [6.45, 7) is 1.67. The molecule has 0 amide bonds. The lowest BCUT2D eigenvalue weighted by molar-refractivity contribution is -0.134. The Morgan fingerprint density at radius 3 is 2.14 bits per heavy atom. The Morgan fingerprint density at radius 1 is 1.43 bits per heavy atom. The molecule has 0 unspecified atom stereocenters. The van der Waals surface area contributed by atoms with Gasteiger partial charge in [0.15, 0.2) is 0 Å². The number of carboxylic acids is 1. The Hall–Kier alpha value is -1.55. The monoisotopic (exact) mass is 197 g/mol. The number of methoxy groups -OCH3 is 1. The maximum atomic E-state index is 9.00. The van der Waals surface area contributed by atoms with Crippen molar-refractivity contribution in [3.05, 3.63) is 29.8 Å². The fraction of sp³-hybridized carbons (Fsp3) is 0.300. The molecule has 0 aromatic heterocycles. The van der Waals surface area contributed by atoms with Crippen molar-refractivity contribution >= 4 is 5.97 Å². The molecule has 1 rings (SSSR count). The largest absolute Gasteiger partial charge is 0.497 e. The van der Waals surface area contributed by atoms with E-state index in [0.717, 1.165) is 18.2 Å². The van der Waals surface area contributed by atoms with Crippen LogP contribution >= 0.6 is 0 Å². The van der Waals surface area contributed by atoms with Crippen LogP contribution in [-0.4, -0.2) is 18.2 Å². The summed E-state index contributed by atoms with van der Waals surface area (Å²) in [5.41, 5.74) is 6.53. The molecule has 4 nitrogen and oxygen atoms in total. The van der Waals surface area contributed by atoms with Crippen LogP contribution in [0.25, 0.3) is 0 Å². The number of hydrogen-bond acceptors (Lipinski definition) is 3. The summed E-state index contributed by atoms with van der Waals surface area (Å²) in [6, 6.07) is 7.72. The normalized spacial score (nSPS) is 8.50. The number of rotatable bonds is 2. The Bertz CT molecular complexity index is 242. The van der Waals surface area contributed by atoms with Gasteiger partial charge in [-0.25, -0.2) is 0 Å². The highest BCUT2D eigenvalue weighted by Gasteiger charge is 1.89. The van der Waals surface area contributed by atoms with Gasteiger partial charge in [-0.1, -0.05) is 12.1 Å². The van der Waals surface area contributed by atoms with Gasteiger partial charge in [0, 0.05) is 13.5 Å². The van der Waals surface area contributed by atoms with E-state index in [1.165, 1.54) is 0 Å². The van der Waals surface area contributed by atoms with E-state index < -0.39 is 5.97 Å². The highest BCUT2D eigenvalue weighted by atomic mass is 16.5. The number of carboxylic acid groups (broad SMARTS) is 1. The predicted octanol–water partition coefficient (Wildman–Crippen LogP) is 1.24. The molecule has 4 heteroatoms. The summed E-state index contributed by atoms with van der Waals surface area (Å²) < 4.78 is 4.97. The molecular formula is C10H15NO3. The van der Waals surface area contributed by atoms with Crippen molar-refractivity contribution in [3.63, 3.8) is 0 Å². The van der Waals surface area contributed by atoms with E-state index in [1.54, 1.807) is 7.11 Å². The maximum Gasteiger partial charge on any atom is 0.300 e. The fourth-order valence-electron chi connectivity index (χ4n) is 0.762. The lowest BCUT2D eigenvalue weighted by Crippen LogP contribution is -1.95. The van der Waals surface area contributed by atoms with Gasteiger partial charge in [-0.05, 0) is 17.7 Å². The van der Waals surface area contributed by atoms with Crippen LogP contribution in [0.15, 0.2) is 24.3 Å². The van der Waals surface area contributed by atoms with Gasteiger partial charge in [0.25, 0.3) is 5.97 Å². The molecule has 3 N–H and O–H groups in total. The van der Waals surface area contributed by atoms with Crippen molar-refractivity contribution in [2.75, 3.05) is 7.11 Å². The summed E-state index contributed by atoms with van der Waals surface area (Å²) in [5, 5.41) is 7.42. The van der Waals surface area contributed by atoms with Crippen LogP contribution in [0.3, 0.4) is 0 Å². The highest BCUT2D eigenvalue weighted by molar-refractivity contribution is 5.62. The standard InChI is InChI=1S/C8H11NO.C2H4O2/c1-10-8-4-2-7(6-9)3-5-8;1-2(3)4/h2-5H,6,9H2,1H3;1H3,(H,3,4). The molecule has 0 aliphatic carbocycles. The molecule has 1 aromatic carbocycles. The van der Waals surface area contributed by atoms with Gasteiger partial charge < -0.3 is 15.6 Å². The summed E-state index contributed by atoms with van der Waals surface area (Å²) in [5.74, 6) is 0.0391. The second kappa shape index (κ2) is 6.91. The predicted molar refractivity (Wildman–Crippen MR) is 54.2 cm³/mol. The molecule has 1 aromatic rings. The molecule has 78 valence electrons. The molecule has 0 bridgehead atoms. The van der Waals surface area contributed by atoms with Crippen molar-refractivity contribution in [1.82, 2.24) is 0 Å². The van der Waals surface area contributed by atoms with Gasteiger partial charge in [-0.2, -0.15) is 0 Å². The maximum absolute atomic E-state index is 9.00. The Balaban J connectivity index is 0.000000364. The van der Waals surface area contributed by atoms with Crippen molar-refractivity contribution in [3.8, 4) is 5.75 Å². The van der Waals surface area contributed by atoms with Crippen molar-refractivity contribution < 1.29 is 14.6 Å². The molecule has 0 aliphatic rings. The average Bonchev–Trinajstić information content (AvgIpc) is 2.17. The van der Waals surface area contributed by atoms with Crippen LogP contribution in [0.5, 0.6) is 5.75 Å². The molecule has 14 heavy (non-hydrogen) atoms. The van der Waals surface area contributed by atoms with Crippen molar-refractivity contribution in [1.29, 1.82) is 0 Å². The average molecular weight is 197 g/mol. The van der Waals surface area contributed by atoms with E-state index in [1.807, 2.05) is 24.3 Å². The third-order valence-electron chi connectivity index (χ3n) is 1.39. The zero-order chi connectivity index (χ0) is 11.0. The first-order chi connectivity index (χ1) is 6.60. The van der Waals surface area contributed by atoms with Gasteiger partial charge in [-0.3, -0.25) is 4.79 Å². The molecule has 0 atom stereocenters. The minimum atomic E-state index is -0.833. The number of nitrogens with two attached hydrogens (primary N) is 1. The summed E-state index contributed by atoms with van der Waals surface area (Å²) in [7, 11) is 1.65. The first-order valence-electron chi connectivity index (χ1n) is 4.12. The molecule has 0 saturated carbocycles. The van der Waals surface area contributed by atoms with Crippen LogP contribution in [0, 0.1) is 0 Å². The molecule has 0 fully saturated rings. The third kappa shape index (κ3) is 6.02. The Labute approximate surface area is 83.3 Å². The van der Waals surface area contributed by atoms with Gasteiger partial charge in [0.1, 0.15) is 5.75 Å². The second-order valence-electron chi connectivity index (χ2n) is 2.57. The van der Waals surface area contributed by atoms with E-state index in [2.05, 4.69) is 0 Å². The van der Waals surface area contributed by atoms with E-state index in [4.69, 9.17) is 20.4 Å². The molecule has 0 aliphatic heterocycles. The van der Waals surface area contributed by atoms with Crippen LogP contribution in [0.4, 0.5) is 0 Å². The highest BCUT2D eigenvalue weighted by Crippen LogP contribution is 2.10. The number of benzene rings is 1. The summed E-state index contributed by atoms with van der Waals surface area (Å²) in [4.78, 5) is 9.00. The van der Waals surface area contributed by atoms with Crippen LogP contribution in [0.2, 0.25) is 0 Å². The van der Waals surface area contributed by atoms with Gasteiger partial charge in [-0.15, -0.1) is 0 Å². The Morgan fingerprint density at radius 2 is 1.86 bits per heavy atom. The van der Waals surface area contributed by atoms with Gasteiger partial charge >= 0.3 is 0 Å². The first-order valence-corrected chi connectivity index (χ1v) is 4.12. The topological polar surface area (TPSA) is 72.5 Å². The van der Waals surface area contributed by atoms with Gasteiger partial charge in [0.05, 0.1) is 7.11 Å². The summed E-state index contributed by atoms with van der Waals surface area (Å²) in [6.07, 6.45) is 0. The lowest BCUT2D eigenvalue weighted by atomic mass is 10.2. The molecule has 0 radical (unpaired) electrons. The molecular weight excluding hydrogens is 182 g/mol. The number of carbonyl (C=O) groups is 1. The van der Waals surface area contributed by atoms with Crippen LogP contribution < -0.4 is 10.5 Å². The molecule has 0 spiro atoms. The van der Waals surface area contributed by atoms with Crippen LogP contribution in [0.1, 0.15) is 12.5 Å². The minimum Gasteiger partial charge on any atom is -0.497 e. The van der Waals surface area contributed by atoms with E-state index in [9.17, 15) is 0 Å². The van der Waals surface area contributed by atoms with E-state index in [-0.39, 0.29) is 0 Å². The van der Waals surface area contributed by atoms with E-state index in [0.29, 0.717) is 6.54 Å². The summed E-state index contributed by atoms with van der Waals surface area (Å²) >= 11 is 0. The number of hydrogen-bond donors (Lipinski definition) is 2. The number of ether oxygens (including phenoxy) is 1. The smallest absolute Gasteiger partial charge is 0.300 e. The minimum absolute atomic E-state index is 0.587. The zero-order valence-corrected chi connectivity index (χ0v) is 8.36. The number of aliphatic carboxylic acids is 1. The molecule has 0 heterocycles. The van der Waals surface area contributed by atoms with Gasteiger partial charge in [0.2, 0.25) is 0 Å². The van der Waals surface area contributed by atoms with E-state index >= 15 is 0 Å². The van der Waals surface area contributed by atoms with Crippen LogP contribution in [-0.2, 0) is 11.3 Å². The van der Waals surface area contributed by atoms with Crippen molar-refractivity contribution in [2.24, 2.45) is 5.73 Å². The Kier molecular flexibility index (Phi) is 6.15. The quantitative estimate of drug-likeness (QED) is 0.748. The third-order valence-corrected chi connectivity index (χ3v) is 1.39. The fourth-order valence-corrected chi connectivity index (χ4v) is 0.762. The SMILES string of the molecule is CC(=O)O.COc1ccc(CN)cc1.